The Morgan fingerprint density at radius 2 is 2.07 bits per heavy atom. The van der Waals surface area contributed by atoms with Crippen LogP contribution in [0.2, 0.25) is 0 Å². The molecule has 3 fully saturated rings. The van der Waals surface area contributed by atoms with Crippen molar-refractivity contribution >= 4 is 45.5 Å². The van der Waals surface area contributed by atoms with Gasteiger partial charge in [-0.05, 0) is 47.0 Å². The van der Waals surface area contributed by atoms with Gasteiger partial charge in [0.05, 0.1) is 23.2 Å². The monoisotopic (exact) mass is 490 g/mol. The van der Waals surface area contributed by atoms with Crippen molar-refractivity contribution in [1.29, 1.82) is 0 Å². The molecule has 6 atom stereocenters. The minimum atomic E-state index is -0.637. The molecular formula is C20H31BrN2O5S. The topological polar surface area (TPSA) is 95.9 Å². The van der Waals surface area contributed by atoms with Gasteiger partial charge >= 0.3 is 5.97 Å². The van der Waals surface area contributed by atoms with Gasteiger partial charge in [0, 0.05) is 28.8 Å². The first-order valence-electron chi connectivity index (χ1n) is 10.3. The number of carbonyl (C=O) groups excluding carboxylic acids is 3. The number of halogens is 1. The number of rotatable bonds is 7. The van der Waals surface area contributed by atoms with E-state index >= 15 is 0 Å². The Morgan fingerprint density at radius 3 is 2.66 bits per heavy atom. The minimum Gasteiger partial charge on any atom is -0.466 e. The first-order chi connectivity index (χ1) is 13.6. The fourth-order valence-electron chi connectivity index (χ4n) is 5.01. The highest BCUT2D eigenvalue weighted by Crippen LogP contribution is 2.67. The van der Waals surface area contributed by atoms with Gasteiger partial charge in [-0.25, -0.2) is 0 Å². The number of unbranched alkanes of at least 4 members (excludes halogenated alkanes) is 1. The molecule has 0 aliphatic carbocycles. The molecule has 0 radical (unpaired) electrons. The highest BCUT2D eigenvalue weighted by atomic mass is 79.9. The van der Waals surface area contributed by atoms with Crippen molar-refractivity contribution in [2.24, 2.45) is 11.8 Å². The van der Waals surface area contributed by atoms with Gasteiger partial charge < -0.3 is 20.1 Å². The van der Waals surface area contributed by atoms with Crippen molar-refractivity contribution in [3.05, 3.63) is 0 Å². The van der Waals surface area contributed by atoms with Crippen molar-refractivity contribution in [1.82, 2.24) is 10.2 Å². The number of nitrogens with zero attached hydrogens (tertiary/aromatic N) is 1. The average molecular weight is 491 g/mol. The number of ether oxygens (including phenoxy) is 1. The van der Waals surface area contributed by atoms with Gasteiger partial charge in [0.2, 0.25) is 11.8 Å². The zero-order chi connectivity index (χ0) is 21.6. The maximum absolute atomic E-state index is 13.5. The van der Waals surface area contributed by atoms with Gasteiger partial charge in [-0.2, -0.15) is 0 Å². The molecule has 0 aromatic rings. The largest absolute Gasteiger partial charge is 0.466 e. The normalized spacial score (nSPS) is 35.7. The molecule has 0 aromatic heterocycles. The van der Waals surface area contributed by atoms with Crippen LogP contribution >= 0.6 is 27.7 Å². The van der Waals surface area contributed by atoms with Crippen molar-refractivity contribution in [3.8, 4) is 0 Å². The number of carbonyl (C=O) groups is 3. The molecule has 0 saturated carbocycles. The summed E-state index contributed by atoms with van der Waals surface area (Å²) >= 11 is 5.31. The molecule has 29 heavy (non-hydrogen) atoms. The van der Waals surface area contributed by atoms with Crippen LogP contribution < -0.4 is 5.32 Å². The van der Waals surface area contributed by atoms with Crippen LogP contribution in [0.15, 0.2) is 0 Å². The van der Waals surface area contributed by atoms with Gasteiger partial charge in [0.25, 0.3) is 0 Å². The second kappa shape index (κ2) is 8.38. The lowest BCUT2D eigenvalue weighted by Crippen LogP contribution is -2.57. The van der Waals surface area contributed by atoms with E-state index in [2.05, 4.69) is 21.2 Å². The number of hydrogen-bond donors (Lipinski definition) is 2. The lowest BCUT2D eigenvalue weighted by Gasteiger charge is -2.36. The second-order valence-electron chi connectivity index (χ2n) is 9.12. The highest BCUT2D eigenvalue weighted by Gasteiger charge is 2.75. The molecule has 3 unspecified atom stereocenters. The lowest BCUT2D eigenvalue weighted by atomic mass is 9.71. The predicted octanol–water partition coefficient (Wildman–Crippen LogP) is 1.70. The molecule has 9 heteroatoms. The van der Waals surface area contributed by atoms with Crippen molar-refractivity contribution < 1.29 is 24.2 Å². The lowest BCUT2D eigenvalue weighted by molar-refractivity contribution is -0.153. The molecule has 2 amide bonds. The molecule has 2 bridgehead atoms. The number of fused-ring (bicyclic) bond motifs is 1. The van der Waals surface area contributed by atoms with E-state index in [-0.39, 0.29) is 41.1 Å². The second-order valence-corrected chi connectivity index (χ2v) is 11.8. The van der Waals surface area contributed by atoms with Crippen LogP contribution in [0.25, 0.3) is 0 Å². The number of alkyl halides is 1. The number of hydrogen-bond acceptors (Lipinski definition) is 6. The van der Waals surface area contributed by atoms with Crippen LogP contribution in [0.5, 0.6) is 0 Å². The number of aliphatic hydroxyl groups is 1. The molecule has 3 rings (SSSR count). The van der Waals surface area contributed by atoms with Crippen molar-refractivity contribution in [2.75, 3.05) is 19.8 Å². The van der Waals surface area contributed by atoms with Crippen LogP contribution in [-0.4, -0.2) is 74.0 Å². The van der Waals surface area contributed by atoms with E-state index in [9.17, 15) is 14.4 Å². The number of amides is 2. The molecule has 164 valence electrons. The van der Waals surface area contributed by atoms with Crippen LogP contribution in [0, 0.1) is 11.8 Å². The quantitative estimate of drug-likeness (QED) is 0.320. The summed E-state index contributed by atoms with van der Waals surface area (Å²) in [6.45, 7) is 8.22. The van der Waals surface area contributed by atoms with Gasteiger partial charge in [-0.3, -0.25) is 14.4 Å². The number of thioether (sulfide) groups is 1. The Hall–Kier alpha value is -0.800. The Morgan fingerprint density at radius 1 is 1.38 bits per heavy atom. The highest BCUT2D eigenvalue weighted by molar-refractivity contribution is 9.09. The predicted molar refractivity (Wildman–Crippen MR) is 115 cm³/mol. The molecule has 0 aromatic carbocycles. The van der Waals surface area contributed by atoms with Gasteiger partial charge in [0.15, 0.2) is 0 Å². The smallest absolute Gasteiger partial charge is 0.310 e. The Kier molecular flexibility index (Phi) is 6.61. The zero-order valence-corrected chi connectivity index (χ0v) is 19.8. The van der Waals surface area contributed by atoms with Crippen LogP contribution in [0.1, 0.15) is 47.0 Å². The fraction of sp³-hybridized carbons (Fsp3) is 0.850. The first-order valence-corrected chi connectivity index (χ1v) is 12.1. The Bertz CT molecular complexity index is 684. The standard InChI is InChI=1S/C20H31BrN2O5S/c1-5-28-18(27)12-13-17(26)23(8-6-7-9-24)15(16(25)22-19(2,3)4)20(13)10-11(21)14(12)29-20/h11-15,24H,5-10H2,1-4H3,(H,22,25)/t11?,12-,13+,14-,15?,20?/m1/s1. The maximum Gasteiger partial charge on any atom is 0.310 e. The fourth-order valence-corrected chi connectivity index (χ4v) is 8.61. The summed E-state index contributed by atoms with van der Waals surface area (Å²) in [5, 5.41) is 12.1. The molecule has 3 aliphatic rings. The Balaban J connectivity index is 1.99. The molecule has 3 heterocycles. The van der Waals surface area contributed by atoms with E-state index in [1.54, 1.807) is 23.6 Å². The number of likely N-dealkylation sites (tertiary alicyclic amines) is 1. The summed E-state index contributed by atoms with van der Waals surface area (Å²) in [6, 6.07) is -0.632. The molecule has 2 N–H and O–H groups in total. The summed E-state index contributed by atoms with van der Waals surface area (Å²) < 4.78 is 4.68. The van der Waals surface area contributed by atoms with E-state index in [1.165, 1.54) is 0 Å². The minimum absolute atomic E-state index is 0.0429. The van der Waals surface area contributed by atoms with Crippen LogP contribution in [0.3, 0.4) is 0 Å². The number of aliphatic hydroxyl groups excluding tert-OH is 1. The third kappa shape index (κ3) is 3.94. The van der Waals surface area contributed by atoms with Gasteiger partial charge in [-0.15, -0.1) is 11.8 Å². The number of esters is 1. The van der Waals surface area contributed by atoms with E-state index in [0.717, 1.165) is 0 Å². The molecule has 3 saturated heterocycles. The third-order valence-electron chi connectivity index (χ3n) is 5.90. The molecule has 7 nitrogen and oxygen atoms in total. The summed E-state index contributed by atoms with van der Waals surface area (Å²) in [7, 11) is 0. The van der Waals surface area contributed by atoms with Crippen molar-refractivity contribution in [2.45, 2.75) is 73.4 Å². The third-order valence-corrected chi connectivity index (χ3v) is 9.12. The SMILES string of the molecule is CCOC(=O)[C@H]1[C@@H]2SC3(CC2Br)C(C(=O)NC(C)(C)C)N(CCCCO)C(=O)[C@H]13. The van der Waals surface area contributed by atoms with E-state index < -0.39 is 28.2 Å². The first kappa shape index (κ1) is 22.9. The van der Waals surface area contributed by atoms with E-state index in [1.807, 2.05) is 20.8 Å². The van der Waals surface area contributed by atoms with E-state index in [4.69, 9.17) is 9.84 Å². The molecule has 1 spiro atoms. The van der Waals surface area contributed by atoms with E-state index in [0.29, 0.717) is 25.8 Å². The summed E-state index contributed by atoms with van der Waals surface area (Å²) in [5.74, 6) is -1.74. The van der Waals surface area contributed by atoms with Crippen molar-refractivity contribution in [3.63, 3.8) is 0 Å². The molecular weight excluding hydrogens is 460 g/mol. The summed E-state index contributed by atoms with van der Waals surface area (Å²) in [5.41, 5.74) is -0.429. The molecule has 3 aliphatic heterocycles. The van der Waals surface area contributed by atoms with Crippen LogP contribution in [-0.2, 0) is 19.1 Å². The van der Waals surface area contributed by atoms with Crippen LogP contribution in [0.4, 0.5) is 0 Å². The number of nitrogens with one attached hydrogen (secondary N) is 1. The van der Waals surface area contributed by atoms with Gasteiger partial charge in [0.1, 0.15) is 6.04 Å². The van der Waals surface area contributed by atoms with Gasteiger partial charge in [-0.1, -0.05) is 15.9 Å². The Labute approximate surface area is 184 Å². The maximum atomic E-state index is 13.5. The summed E-state index contributed by atoms with van der Waals surface area (Å²) in [6.07, 6.45) is 1.83. The zero-order valence-electron chi connectivity index (χ0n) is 17.4. The summed E-state index contributed by atoms with van der Waals surface area (Å²) in [4.78, 5) is 41.4. The average Bonchev–Trinajstić information content (AvgIpc) is 3.18.